The summed E-state index contributed by atoms with van der Waals surface area (Å²) in [5.74, 6) is 0.0544. The van der Waals surface area contributed by atoms with Crippen molar-refractivity contribution < 1.29 is 13.5 Å². The van der Waals surface area contributed by atoms with E-state index in [0.717, 1.165) is 24.0 Å². The number of aliphatic hydroxyl groups excluding tert-OH is 1. The second-order valence-electron chi connectivity index (χ2n) is 5.30. The van der Waals surface area contributed by atoms with Gasteiger partial charge in [-0.2, -0.15) is 17.4 Å². The molecule has 1 aromatic carbocycles. The first-order chi connectivity index (χ1) is 9.53. The van der Waals surface area contributed by atoms with E-state index in [-0.39, 0.29) is 12.5 Å². The number of aliphatic hydroxyl groups is 1. The molecular formula is C14H22N2O3S. The summed E-state index contributed by atoms with van der Waals surface area (Å²) in [5, 5.41) is 9.18. The zero-order valence-electron chi connectivity index (χ0n) is 11.7. The van der Waals surface area contributed by atoms with E-state index in [2.05, 4.69) is 4.72 Å². The highest BCUT2D eigenvalue weighted by atomic mass is 32.2. The molecule has 0 amide bonds. The summed E-state index contributed by atoms with van der Waals surface area (Å²) < 4.78 is 28.6. The molecule has 6 heteroatoms. The number of hydrogen-bond donors (Lipinski definition) is 2. The summed E-state index contributed by atoms with van der Waals surface area (Å²) in [6, 6.07) is 7.72. The van der Waals surface area contributed by atoms with E-state index in [1.54, 1.807) is 0 Å². The third-order valence-electron chi connectivity index (χ3n) is 3.79. The molecule has 0 aliphatic carbocycles. The van der Waals surface area contributed by atoms with Crippen LogP contribution in [0.25, 0.3) is 0 Å². The fourth-order valence-electron chi connectivity index (χ4n) is 2.46. The molecule has 0 bridgehead atoms. The lowest BCUT2D eigenvalue weighted by molar-refractivity contribution is 0.164. The largest absolute Gasteiger partial charge is 0.396 e. The molecule has 1 fully saturated rings. The third kappa shape index (κ3) is 3.79. The van der Waals surface area contributed by atoms with E-state index < -0.39 is 10.2 Å². The number of benzene rings is 1. The van der Waals surface area contributed by atoms with E-state index in [9.17, 15) is 13.5 Å². The van der Waals surface area contributed by atoms with E-state index in [1.165, 1.54) is 4.31 Å². The number of nitrogens with one attached hydrogen (secondary N) is 1. The van der Waals surface area contributed by atoms with Crippen LogP contribution < -0.4 is 4.72 Å². The van der Waals surface area contributed by atoms with Gasteiger partial charge in [-0.05, 0) is 36.8 Å². The predicted molar refractivity (Wildman–Crippen MR) is 78.3 cm³/mol. The lowest BCUT2D eigenvalue weighted by Gasteiger charge is -2.30. The second kappa shape index (κ2) is 6.67. The lowest BCUT2D eigenvalue weighted by atomic mass is 10.0. The highest BCUT2D eigenvalue weighted by Crippen LogP contribution is 2.18. The zero-order chi connectivity index (χ0) is 14.6. The van der Waals surface area contributed by atoms with Gasteiger partial charge in [0.25, 0.3) is 10.2 Å². The molecule has 1 atom stereocenters. The van der Waals surface area contributed by atoms with Gasteiger partial charge in [-0.25, -0.2) is 0 Å². The van der Waals surface area contributed by atoms with Crippen LogP contribution in [0.3, 0.4) is 0 Å². The monoisotopic (exact) mass is 298 g/mol. The first-order valence-corrected chi connectivity index (χ1v) is 8.37. The van der Waals surface area contributed by atoms with E-state index in [1.807, 2.05) is 31.2 Å². The first-order valence-electron chi connectivity index (χ1n) is 6.93. The Hall–Kier alpha value is -0.950. The Balaban J connectivity index is 1.99. The van der Waals surface area contributed by atoms with E-state index >= 15 is 0 Å². The molecule has 20 heavy (non-hydrogen) atoms. The van der Waals surface area contributed by atoms with Crippen molar-refractivity contribution >= 4 is 10.2 Å². The molecule has 0 aromatic heterocycles. The SMILES string of the molecule is Cc1ccccc1CNS(=O)(=O)N1CCCC(CO)C1. The van der Waals surface area contributed by atoms with Crippen molar-refractivity contribution in [3.63, 3.8) is 0 Å². The van der Waals surface area contributed by atoms with Gasteiger partial charge in [0.15, 0.2) is 0 Å². The third-order valence-corrected chi connectivity index (χ3v) is 5.31. The zero-order valence-corrected chi connectivity index (χ0v) is 12.6. The Morgan fingerprint density at radius 2 is 2.15 bits per heavy atom. The standard InChI is InChI=1S/C14H22N2O3S/c1-12-5-2-3-7-14(12)9-15-20(18,19)16-8-4-6-13(10-16)11-17/h2-3,5,7,13,15,17H,4,6,8-11H2,1H3. The summed E-state index contributed by atoms with van der Waals surface area (Å²) in [4.78, 5) is 0. The molecule has 0 spiro atoms. The van der Waals surface area contributed by atoms with Crippen LogP contribution in [0.1, 0.15) is 24.0 Å². The van der Waals surface area contributed by atoms with Crippen LogP contribution in [0, 0.1) is 12.8 Å². The summed E-state index contributed by atoms with van der Waals surface area (Å²) in [7, 11) is -3.47. The van der Waals surface area contributed by atoms with Gasteiger partial charge in [-0.15, -0.1) is 0 Å². The van der Waals surface area contributed by atoms with Crippen molar-refractivity contribution in [1.82, 2.24) is 9.03 Å². The number of aryl methyl sites for hydroxylation is 1. The summed E-state index contributed by atoms with van der Waals surface area (Å²) in [5.41, 5.74) is 2.05. The van der Waals surface area contributed by atoms with Crippen LogP contribution in [0.2, 0.25) is 0 Å². The van der Waals surface area contributed by atoms with E-state index in [0.29, 0.717) is 19.6 Å². The Labute approximate surface area is 120 Å². The number of rotatable bonds is 5. The predicted octanol–water partition coefficient (Wildman–Crippen LogP) is 1.03. The molecule has 5 nitrogen and oxygen atoms in total. The topological polar surface area (TPSA) is 69.6 Å². The van der Waals surface area contributed by atoms with Crippen LogP contribution in [0.15, 0.2) is 24.3 Å². The van der Waals surface area contributed by atoms with Crippen LogP contribution in [-0.4, -0.2) is 37.5 Å². The smallest absolute Gasteiger partial charge is 0.279 e. The minimum atomic E-state index is -3.47. The van der Waals surface area contributed by atoms with Gasteiger partial charge in [0.2, 0.25) is 0 Å². The normalized spacial score (nSPS) is 21.0. The van der Waals surface area contributed by atoms with Crippen molar-refractivity contribution in [3.05, 3.63) is 35.4 Å². The van der Waals surface area contributed by atoms with Crippen molar-refractivity contribution in [2.75, 3.05) is 19.7 Å². The van der Waals surface area contributed by atoms with Crippen molar-refractivity contribution in [2.45, 2.75) is 26.3 Å². The van der Waals surface area contributed by atoms with Crippen LogP contribution in [-0.2, 0) is 16.8 Å². The summed E-state index contributed by atoms with van der Waals surface area (Å²) in [6.07, 6.45) is 1.69. The van der Waals surface area contributed by atoms with Gasteiger partial charge in [0.1, 0.15) is 0 Å². The molecule has 1 aromatic rings. The molecule has 2 rings (SSSR count). The molecular weight excluding hydrogens is 276 g/mol. The highest BCUT2D eigenvalue weighted by Gasteiger charge is 2.28. The van der Waals surface area contributed by atoms with Gasteiger partial charge < -0.3 is 5.11 Å². The molecule has 1 aliphatic heterocycles. The molecule has 0 radical (unpaired) electrons. The average molecular weight is 298 g/mol. The van der Waals surface area contributed by atoms with Gasteiger partial charge in [-0.3, -0.25) is 0 Å². The number of nitrogens with zero attached hydrogens (tertiary/aromatic N) is 1. The van der Waals surface area contributed by atoms with Gasteiger partial charge in [-0.1, -0.05) is 24.3 Å². The van der Waals surface area contributed by atoms with Crippen molar-refractivity contribution in [1.29, 1.82) is 0 Å². The lowest BCUT2D eigenvalue weighted by Crippen LogP contribution is -2.46. The Kier molecular flexibility index (Phi) is 5.15. The van der Waals surface area contributed by atoms with Crippen LogP contribution in [0.4, 0.5) is 0 Å². The summed E-state index contributed by atoms with van der Waals surface area (Å²) in [6.45, 7) is 3.24. The van der Waals surface area contributed by atoms with Gasteiger partial charge in [0, 0.05) is 26.2 Å². The van der Waals surface area contributed by atoms with Crippen molar-refractivity contribution in [3.8, 4) is 0 Å². The Bertz CT molecular complexity index is 545. The number of hydrogen-bond acceptors (Lipinski definition) is 3. The Morgan fingerprint density at radius 1 is 1.40 bits per heavy atom. The number of piperidine rings is 1. The summed E-state index contributed by atoms with van der Waals surface area (Å²) >= 11 is 0. The molecule has 112 valence electrons. The Morgan fingerprint density at radius 3 is 2.85 bits per heavy atom. The van der Waals surface area contributed by atoms with E-state index in [4.69, 9.17) is 0 Å². The highest BCUT2D eigenvalue weighted by molar-refractivity contribution is 7.87. The van der Waals surface area contributed by atoms with Crippen molar-refractivity contribution in [2.24, 2.45) is 5.92 Å². The van der Waals surface area contributed by atoms with Crippen LogP contribution >= 0.6 is 0 Å². The molecule has 1 unspecified atom stereocenters. The molecule has 1 aliphatic rings. The van der Waals surface area contributed by atoms with Gasteiger partial charge in [0.05, 0.1) is 0 Å². The van der Waals surface area contributed by atoms with Crippen LogP contribution in [0.5, 0.6) is 0 Å². The molecule has 2 N–H and O–H groups in total. The maximum absolute atomic E-state index is 12.3. The molecule has 0 saturated carbocycles. The maximum Gasteiger partial charge on any atom is 0.279 e. The average Bonchev–Trinajstić information content (AvgIpc) is 2.46. The second-order valence-corrected chi connectivity index (χ2v) is 7.06. The minimum Gasteiger partial charge on any atom is -0.396 e. The fraction of sp³-hybridized carbons (Fsp3) is 0.571. The molecule has 1 heterocycles. The van der Waals surface area contributed by atoms with Gasteiger partial charge >= 0.3 is 0 Å². The fourth-order valence-corrected chi connectivity index (χ4v) is 3.76. The maximum atomic E-state index is 12.3. The minimum absolute atomic E-state index is 0.0454. The molecule has 1 saturated heterocycles. The first kappa shape index (κ1) is 15.4. The quantitative estimate of drug-likeness (QED) is 0.853.